The summed E-state index contributed by atoms with van der Waals surface area (Å²) in [5.74, 6) is 0.804. The first-order valence-electron chi connectivity index (χ1n) is 11.1. The molecule has 8 nitrogen and oxygen atoms in total. The summed E-state index contributed by atoms with van der Waals surface area (Å²) in [6.07, 6.45) is 2.61. The molecule has 2 saturated heterocycles. The van der Waals surface area contributed by atoms with Crippen LogP contribution in [0.1, 0.15) is 39.3 Å². The number of amides is 3. The van der Waals surface area contributed by atoms with E-state index in [1.807, 2.05) is 21.2 Å². The van der Waals surface area contributed by atoms with Crippen LogP contribution in [0, 0.1) is 5.41 Å². The van der Waals surface area contributed by atoms with E-state index in [-0.39, 0.29) is 29.7 Å². The molecule has 1 spiro atoms. The summed E-state index contributed by atoms with van der Waals surface area (Å²) < 4.78 is 10.6. The predicted octanol–water partition coefficient (Wildman–Crippen LogP) is 2.65. The first kappa shape index (κ1) is 23.1. The van der Waals surface area contributed by atoms with Crippen molar-refractivity contribution in [2.75, 3.05) is 46.9 Å². The third-order valence-corrected chi connectivity index (χ3v) is 7.55. The van der Waals surface area contributed by atoms with Gasteiger partial charge in [-0.05, 0) is 54.3 Å². The molecule has 0 bridgehead atoms. The van der Waals surface area contributed by atoms with Gasteiger partial charge in [-0.15, -0.1) is 11.3 Å². The Morgan fingerprint density at radius 2 is 1.76 bits per heavy atom. The predicted molar refractivity (Wildman–Crippen MR) is 125 cm³/mol. The van der Waals surface area contributed by atoms with Crippen LogP contribution >= 0.6 is 11.3 Å². The van der Waals surface area contributed by atoms with Gasteiger partial charge in [-0.3, -0.25) is 14.4 Å². The number of ether oxygens (including phenoxy) is 2. The smallest absolute Gasteiger partial charge is 0.261 e. The molecule has 2 aliphatic rings. The Balaban J connectivity index is 1.31. The third-order valence-electron chi connectivity index (χ3n) is 6.68. The summed E-state index contributed by atoms with van der Waals surface area (Å²) in [6.45, 7) is 2.64. The van der Waals surface area contributed by atoms with Crippen LogP contribution in [-0.4, -0.2) is 74.5 Å². The summed E-state index contributed by atoms with van der Waals surface area (Å²) in [4.78, 5) is 42.2. The summed E-state index contributed by atoms with van der Waals surface area (Å²) in [5, 5.41) is 4.55. The van der Waals surface area contributed by atoms with Gasteiger partial charge in [0.1, 0.15) is 11.5 Å². The maximum Gasteiger partial charge on any atom is 0.261 e. The average Bonchev–Trinajstić information content (AvgIpc) is 3.53. The Bertz CT molecular complexity index is 1020. The molecule has 1 aromatic carbocycles. The zero-order valence-electron chi connectivity index (χ0n) is 19.0. The molecule has 176 valence electrons. The molecule has 0 aliphatic carbocycles. The van der Waals surface area contributed by atoms with E-state index >= 15 is 0 Å². The molecule has 0 radical (unpaired) electrons. The summed E-state index contributed by atoms with van der Waals surface area (Å²) in [6, 6.07) is 8.79. The number of methoxy groups -OCH3 is 2. The second-order valence-corrected chi connectivity index (χ2v) is 9.53. The quantitative estimate of drug-likeness (QED) is 0.700. The van der Waals surface area contributed by atoms with E-state index in [0.717, 1.165) is 19.3 Å². The maximum absolute atomic E-state index is 13.2. The van der Waals surface area contributed by atoms with Gasteiger partial charge >= 0.3 is 0 Å². The Morgan fingerprint density at radius 1 is 1.03 bits per heavy atom. The first-order chi connectivity index (χ1) is 15.9. The Hall–Kier alpha value is -3.07. The second kappa shape index (κ2) is 9.82. The number of rotatable bonds is 6. The largest absolute Gasteiger partial charge is 0.497 e. The molecular weight excluding hydrogens is 442 g/mol. The number of nitrogens with one attached hydrogen (secondary N) is 1. The zero-order valence-corrected chi connectivity index (χ0v) is 19.8. The van der Waals surface area contributed by atoms with Gasteiger partial charge in [-0.25, -0.2) is 0 Å². The fourth-order valence-electron chi connectivity index (χ4n) is 4.65. The normalized spacial score (nSPS) is 17.2. The molecule has 3 amide bonds. The number of carbonyl (C=O) groups is 3. The molecule has 2 aromatic rings. The number of hydrogen-bond acceptors (Lipinski definition) is 6. The van der Waals surface area contributed by atoms with Gasteiger partial charge < -0.3 is 24.6 Å². The highest BCUT2D eigenvalue weighted by Gasteiger charge is 2.43. The third kappa shape index (κ3) is 4.98. The highest BCUT2D eigenvalue weighted by atomic mass is 32.1. The van der Waals surface area contributed by atoms with Crippen molar-refractivity contribution < 1.29 is 23.9 Å². The van der Waals surface area contributed by atoms with Crippen LogP contribution in [0.2, 0.25) is 0 Å². The van der Waals surface area contributed by atoms with Gasteiger partial charge in [0.25, 0.3) is 11.8 Å². The Morgan fingerprint density at radius 3 is 2.39 bits per heavy atom. The summed E-state index contributed by atoms with van der Waals surface area (Å²) >= 11 is 1.35. The minimum atomic E-state index is -0.216. The minimum absolute atomic E-state index is 0.00700. The number of thiophene rings is 1. The lowest BCUT2D eigenvalue weighted by Crippen LogP contribution is -2.45. The van der Waals surface area contributed by atoms with Crippen molar-refractivity contribution >= 4 is 29.1 Å². The van der Waals surface area contributed by atoms with E-state index in [0.29, 0.717) is 48.1 Å². The van der Waals surface area contributed by atoms with Crippen molar-refractivity contribution in [1.29, 1.82) is 0 Å². The molecule has 33 heavy (non-hydrogen) atoms. The van der Waals surface area contributed by atoms with Gasteiger partial charge in [0.05, 0.1) is 31.2 Å². The number of nitrogens with zero attached hydrogens (tertiary/aromatic N) is 2. The average molecular weight is 472 g/mol. The number of hydrogen-bond donors (Lipinski definition) is 1. The number of likely N-dealkylation sites (tertiary alicyclic amines) is 2. The lowest BCUT2D eigenvalue weighted by Gasteiger charge is -2.39. The van der Waals surface area contributed by atoms with Gasteiger partial charge in [0, 0.05) is 26.2 Å². The number of carbonyl (C=O) groups excluding carboxylic acids is 3. The first-order valence-corrected chi connectivity index (χ1v) is 11.9. The number of piperidine rings is 1. The van der Waals surface area contributed by atoms with Crippen molar-refractivity contribution in [3.8, 4) is 11.5 Å². The fraction of sp³-hybridized carbons (Fsp3) is 0.458. The van der Waals surface area contributed by atoms with E-state index in [1.165, 1.54) is 11.3 Å². The molecule has 4 rings (SSSR count). The van der Waals surface area contributed by atoms with Crippen molar-refractivity contribution in [1.82, 2.24) is 15.1 Å². The van der Waals surface area contributed by atoms with Crippen LogP contribution in [0.5, 0.6) is 11.5 Å². The Labute approximate surface area is 197 Å². The van der Waals surface area contributed by atoms with E-state index in [1.54, 1.807) is 38.5 Å². The number of benzene rings is 1. The standard InChI is InChI=1S/C24H29N3O5S/c1-31-17-5-6-19(32-2)18(14-17)23(30)26-10-7-24(8-11-26)9-12-27(16-24)21(28)15-25-22(29)20-4-3-13-33-20/h3-6,13-14H,7-12,15-16H2,1-2H3,(H,25,29). The molecule has 0 saturated carbocycles. The molecule has 0 atom stereocenters. The lowest BCUT2D eigenvalue weighted by atomic mass is 9.77. The van der Waals surface area contributed by atoms with Gasteiger partial charge in [-0.1, -0.05) is 6.07 Å². The lowest BCUT2D eigenvalue weighted by molar-refractivity contribution is -0.129. The van der Waals surface area contributed by atoms with Crippen molar-refractivity contribution in [3.05, 3.63) is 46.2 Å². The topological polar surface area (TPSA) is 88.2 Å². The summed E-state index contributed by atoms with van der Waals surface area (Å²) in [5.41, 5.74) is 0.528. The van der Waals surface area contributed by atoms with Gasteiger partial charge in [-0.2, -0.15) is 0 Å². The fourth-order valence-corrected chi connectivity index (χ4v) is 5.29. The second-order valence-electron chi connectivity index (χ2n) is 8.58. The molecule has 1 aromatic heterocycles. The molecule has 3 heterocycles. The molecular formula is C24H29N3O5S. The minimum Gasteiger partial charge on any atom is -0.497 e. The van der Waals surface area contributed by atoms with Crippen LogP contribution in [0.25, 0.3) is 0 Å². The van der Waals surface area contributed by atoms with E-state index in [9.17, 15) is 14.4 Å². The van der Waals surface area contributed by atoms with Gasteiger partial charge in [0.15, 0.2) is 0 Å². The highest BCUT2D eigenvalue weighted by molar-refractivity contribution is 7.12. The van der Waals surface area contributed by atoms with Crippen molar-refractivity contribution in [2.45, 2.75) is 19.3 Å². The molecule has 2 fully saturated rings. The highest BCUT2D eigenvalue weighted by Crippen LogP contribution is 2.41. The van der Waals surface area contributed by atoms with E-state index in [2.05, 4.69) is 5.32 Å². The Kier molecular flexibility index (Phi) is 6.88. The molecule has 9 heteroatoms. The molecule has 2 aliphatic heterocycles. The SMILES string of the molecule is COc1ccc(OC)c(C(=O)N2CCC3(CCN(C(=O)CNC(=O)c4cccs4)C3)CC2)c1. The van der Waals surface area contributed by atoms with E-state index < -0.39 is 0 Å². The van der Waals surface area contributed by atoms with Crippen LogP contribution in [-0.2, 0) is 4.79 Å². The van der Waals surface area contributed by atoms with Crippen LogP contribution in [0.15, 0.2) is 35.7 Å². The monoisotopic (exact) mass is 471 g/mol. The molecule has 1 N–H and O–H groups in total. The van der Waals surface area contributed by atoms with Crippen molar-refractivity contribution in [3.63, 3.8) is 0 Å². The molecule has 0 unspecified atom stereocenters. The van der Waals surface area contributed by atoms with Crippen LogP contribution in [0.3, 0.4) is 0 Å². The van der Waals surface area contributed by atoms with E-state index in [4.69, 9.17) is 9.47 Å². The van der Waals surface area contributed by atoms with Crippen LogP contribution < -0.4 is 14.8 Å². The van der Waals surface area contributed by atoms with Gasteiger partial charge in [0.2, 0.25) is 5.91 Å². The summed E-state index contributed by atoms with van der Waals surface area (Å²) in [7, 11) is 3.12. The zero-order chi connectivity index (χ0) is 23.4. The maximum atomic E-state index is 13.2. The van der Waals surface area contributed by atoms with Crippen LogP contribution in [0.4, 0.5) is 0 Å². The van der Waals surface area contributed by atoms with Crippen molar-refractivity contribution in [2.24, 2.45) is 5.41 Å².